The molecule has 0 aliphatic heterocycles. The van der Waals surface area contributed by atoms with Gasteiger partial charge in [0.1, 0.15) is 0 Å². The number of nitro benzene ring substituents is 1. The van der Waals surface area contributed by atoms with Gasteiger partial charge in [-0.05, 0) is 49.0 Å². The number of hydrogen-bond donors (Lipinski definition) is 3. The number of nitro groups is 1. The monoisotopic (exact) mass is 359 g/mol. The molecule has 8 nitrogen and oxygen atoms in total. The lowest BCUT2D eigenvalue weighted by molar-refractivity contribution is -0.384. The summed E-state index contributed by atoms with van der Waals surface area (Å²) in [7, 11) is 0. The molecule has 0 unspecified atom stereocenters. The second-order valence-corrected chi connectivity index (χ2v) is 5.46. The average Bonchev–Trinajstić information content (AvgIpc) is 2.56. The zero-order chi connectivity index (χ0) is 18.6. The van der Waals surface area contributed by atoms with Crippen LogP contribution >= 0.6 is 12.2 Å². The van der Waals surface area contributed by atoms with Gasteiger partial charge in [0, 0.05) is 23.4 Å². The predicted molar refractivity (Wildman–Crippen MR) is 94.9 cm³/mol. The molecule has 0 aromatic heterocycles. The molecule has 0 aliphatic carbocycles. The number of non-ortho nitro benzene ring substituents is 1. The topological polar surface area (TPSA) is 122 Å². The summed E-state index contributed by atoms with van der Waals surface area (Å²) in [6.07, 6.45) is 0. The van der Waals surface area contributed by atoms with Crippen molar-refractivity contribution in [3.05, 3.63) is 69.3 Å². The normalized spacial score (nSPS) is 9.96. The zero-order valence-corrected chi connectivity index (χ0v) is 13.8. The molecule has 0 heterocycles. The maximum atomic E-state index is 12.1. The summed E-state index contributed by atoms with van der Waals surface area (Å²) in [5.41, 5.74) is 1.35. The molecule has 0 fully saturated rings. The van der Waals surface area contributed by atoms with Crippen LogP contribution in [-0.2, 0) is 0 Å². The smallest absolute Gasteiger partial charge is 0.335 e. The number of nitrogens with one attached hydrogen (secondary N) is 2. The fraction of sp³-hybridized carbons (Fsp3) is 0.0625. The molecule has 0 atom stereocenters. The molecule has 25 heavy (non-hydrogen) atoms. The summed E-state index contributed by atoms with van der Waals surface area (Å²) in [4.78, 5) is 33.1. The lowest BCUT2D eigenvalue weighted by Crippen LogP contribution is -2.34. The highest BCUT2D eigenvalue weighted by Gasteiger charge is 2.12. The number of rotatable bonds is 4. The number of aromatic carboxylic acids is 1. The molecule has 2 rings (SSSR count). The van der Waals surface area contributed by atoms with Gasteiger partial charge in [-0.15, -0.1) is 0 Å². The second kappa shape index (κ2) is 7.49. The van der Waals surface area contributed by atoms with Crippen LogP contribution in [-0.4, -0.2) is 27.0 Å². The Labute approximate surface area is 147 Å². The first-order valence-electron chi connectivity index (χ1n) is 6.98. The maximum absolute atomic E-state index is 12.1. The molecule has 1 amide bonds. The van der Waals surface area contributed by atoms with Crippen LogP contribution in [0, 0.1) is 17.0 Å². The van der Waals surface area contributed by atoms with Crippen molar-refractivity contribution in [3.63, 3.8) is 0 Å². The van der Waals surface area contributed by atoms with E-state index in [2.05, 4.69) is 10.6 Å². The zero-order valence-electron chi connectivity index (χ0n) is 13.0. The van der Waals surface area contributed by atoms with Gasteiger partial charge in [0.05, 0.1) is 10.5 Å². The van der Waals surface area contributed by atoms with E-state index in [1.807, 2.05) is 0 Å². The number of anilines is 1. The Kier molecular flexibility index (Phi) is 5.40. The molecule has 0 spiro atoms. The van der Waals surface area contributed by atoms with Gasteiger partial charge in [0.15, 0.2) is 5.11 Å². The molecule has 0 radical (unpaired) electrons. The van der Waals surface area contributed by atoms with Crippen LogP contribution in [0.25, 0.3) is 0 Å². The van der Waals surface area contributed by atoms with E-state index in [1.165, 1.54) is 36.4 Å². The molecule has 2 aromatic carbocycles. The van der Waals surface area contributed by atoms with Crippen molar-refractivity contribution in [2.75, 3.05) is 5.32 Å². The average molecular weight is 359 g/mol. The van der Waals surface area contributed by atoms with Gasteiger partial charge >= 0.3 is 5.97 Å². The Hall–Kier alpha value is -3.33. The summed E-state index contributed by atoms with van der Waals surface area (Å²) >= 11 is 5.05. The fourth-order valence-electron chi connectivity index (χ4n) is 1.95. The fourth-order valence-corrected chi connectivity index (χ4v) is 2.16. The Morgan fingerprint density at radius 3 is 2.28 bits per heavy atom. The summed E-state index contributed by atoms with van der Waals surface area (Å²) in [5, 5.41) is 24.8. The van der Waals surface area contributed by atoms with Crippen molar-refractivity contribution < 1.29 is 19.6 Å². The minimum Gasteiger partial charge on any atom is -0.478 e. The highest BCUT2D eigenvalue weighted by atomic mass is 32.1. The van der Waals surface area contributed by atoms with Crippen LogP contribution in [0.3, 0.4) is 0 Å². The van der Waals surface area contributed by atoms with Crippen LogP contribution < -0.4 is 10.6 Å². The van der Waals surface area contributed by atoms with Gasteiger partial charge in [-0.3, -0.25) is 20.2 Å². The highest BCUT2D eigenvalue weighted by molar-refractivity contribution is 7.80. The number of nitrogens with zero attached hydrogens (tertiary/aromatic N) is 1. The van der Waals surface area contributed by atoms with E-state index in [0.29, 0.717) is 5.69 Å². The van der Waals surface area contributed by atoms with Crippen LogP contribution in [0.1, 0.15) is 26.3 Å². The minimum absolute atomic E-state index is 0.0195. The lowest BCUT2D eigenvalue weighted by Gasteiger charge is -2.12. The Bertz CT molecular complexity index is 865. The summed E-state index contributed by atoms with van der Waals surface area (Å²) in [5.74, 6) is -1.62. The van der Waals surface area contributed by atoms with Gasteiger partial charge in [0.25, 0.3) is 11.6 Å². The molecule has 2 aromatic rings. The van der Waals surface area contributed by atoms with Crippen molar-refractivity contribution in [2.24, 2.45) is 0 Å². The number of aryl methyl sites for hydroxylation is 1. The summed E-state index contributed by atoms with van der Waals surface area (Å²) < 4.78 is 0. The van der Waals surface area contributed by atoms with E-state index in [1.54, 1.807) is 13.0 Å². The molecule has 0 saturated carbocycles. The number of hydrogen-bond acceptors (Lipinski definition) is 5. The van der Waals surface area contributed by atoms with E-state index >= 15 is 0 Å². The van der Waals surface area contributed by atoms with Crippen molar-refractivity contribution >= 4 is 40.6 Å². The number of carbonyl (C=O) groups is 2. The SMILES string of the molecule is Cc1ccc(C(=O)O)cc1NC(=S)NC(=O)c1ccc([N+](=O)[O-])cc1. The molecular weight excluding hydrogens is 346 g/mol. The highest BCUT2D eigenvalue weighted by Crippen LogP contribution is 2.17. The lowest BCUT2D eigenvalue weighted by atomic mass is 10.1. The van der Waals surface area contributed by atoms with Gasteiger partial charge in [-0.1, -0.05) is 6.07 Å². The number of benzene rings is 2. The van der Waals surface area contributed by atoms with Gasteiger partial charge in [-0.2, -0.15) is 0 Å². The third-order valence-electron chi connectivity index (χ3n) is 3.30. The van der Waals surface area contributed by atoms with E-state index < -0.39 is 16.8 Å². The van der Waals surface area contributed by atoms with Gasteiger partial charge in [0.2, 0.25) is 0 Å². The number of amides is 1. The largest absolute Gasteiger partial charge is 0.478 e. The van der Waals surface area contributed by atoms with Crippen LogP contribution in [0.4, 0.5) is 11.4 Å². The standard InChI is InChI=1S/C16H13N3O5S/c1-9-2-3-11(15(21)22)8-13(9)17-16(25)18-14(20)10-4-6-12(7-5-10)19(23)24/h2-8H,1H3,(H,21,22)(H2,17,18,20,25). The van der Waals surface area contributed by atoms with Crippen LogP contribution in [0.15, 0.2) is 42.5 Å². The first-order valence-corrected chi connectivity index (χ1v) is 7.39. The number of thiocarbonyl (C=S) groups is 1. The van der Waals surface area contributed by atoms with Crippen molar-refractivity contribution in [2.45, 2.75) is 6.92 Å². The Balaban J connectivity index is 2.07. The van der Waals surface area contributed by atoms with E-state index in [-0.39, 0.29) is 21.9 Å². The Morgan fingerprint density at radius 2 is 1.72 bits per heavy atom. The summed E-state index contributed by atoms with van der Waals surface area (Å²) in [6, 6.07) is 9.53. The molecule has 128 valence electrons. The molecular formula is C16H13N3O5S. The molecule has 0 bridgehead atoms. The number of carboxylic acids is 1. The number of carboxylic acid groups (broad SMARTS) is 1. The summed E-state index contributed by atoms with van der Waals surface area (Å²) in [6.45, 7) is 1.76. The van der Waals surface area contributed by atoms with Crippen molar-refractivity contribution in [3.8, 4) is 0 Å². The predicted octanol–water partition coefficient (Wildman–Crippen LogP) is 2.73. The first-order chi connectivity index (χ1) is 11.8. The van der Waals surface area contributed by atoms with Gasteiger partial charge in [-0.25, -0.2) is 4.79 Å². The maximum Gasteiger partial charge on any atom is 0.335 e. The van der Waals surface area contributed by atoms with Crippen molar-refractivity contribution in [1.29, 1.82) is 0 Å². The second-order valence-electron chi connectivity index (χ2n) is 5.05. The first kappa shape index (κ1) is 18.0. The van der Waals surface area contributed by atoms with E-state index in [9.17, 15) is 19.7 Å². The van der Waals surface area contributed by atoms with E-state index in [0.717, 1.165) is 5.56 Å². The van der Waals surface area contributed by atoms with E-state index in [4.69, 9.17) is 17.3 Å². The third-order valence-corrected chi connectivity index (χ3v) is 3.50. The molecule has 0 aliphatic rings. The van der Waals surface area contributed by atoms with Gasteiger partial charge < -0.3 is 10.4 Å². The number of carbonyl (C=O) groups excluding carboxylic acids is 1. The molecule has 0 saturated heterocycles. The quantitative estimate of drug-likeness (QED) is 0.436. The van der Waals surface area contributed by atoms with Crippen LogP contribution in [0.5, 0.6) is 0 Å². The third kappa shape index (κ3) is 4.58. The molecule has 9 heteroatoms. The van der Waals surface area contributed by atoms with Crippen molar-refractivity contribution in [1.82, 2.24) is 5.32 Å². The molecule has 3 N–H and O–H groups in total. The Morgan fingerprint density at radius 1 is 1.12 bits per heavy atom. The minimum atomic E-state index is -1.08. The van der Waals surface area contributed by atoms with Crippen LogP contribution in [0.2, 0.25) is 0 Å².